The Morgan fingerprint density at radius 2 is 1.75 bits per heavy atom. The summed E-state index contributed by atoms with van der Waals surface area (Å²) in [5, 5.41) is 3.50. The number of piperidine rings is 1. The number of hydrogen-bond acceptors (Lipinski definition) is 4. The molecule has 2 aliphatic heterocycles. The molecule has 1 aromatic rings. The van der Waals surface area contributed by atoms with Crippen LogP contribution in [0.3, 0.4) is 0 Å². The van der Waals surface area contributed by atoms with E-state index < -0.39 is 0 Å². The Morgan fingerprint density at radius 1 is 1.04 bits per heavy atom. The lowest BCUT2D eigenvalue weighted by Gasteiger charge is -2.38. The largest absolute Gasteiger partial charge is 0.317 e. The zero-order valence-electron chi connectivity index (χ0n) is 15.3. The molecule has 0 saturated carbocycles. The predicted molar refractivity (Wildman–Crippen MR) is 101 cm³/mol. The summed E-state index contributed by atoms with van der Waals surface area (Å²) in [6, 6.07) is 11.0. The van der Waals surface area contributed by atoms with Crippen LogP contribution in [0.2, 0.25) is 0 Å². The molecule has 3 rings (SSSR count). The summed E-state index contributed by atoms with van der Waals surface area (Å²) in [7, 11) is 2.24. The summed E-state index contributed by atoms with van der Waals surface area (Å²) in [5.74, 6) is 0.870. The SMILES string of the molecule is CN1CCN(CN(CCc2ccccc2)CC2CCNCC2)CC1. The van der Waals surface area contributed by atoms with Crippen LogP contribution in [-0.2, 0) is 6.42 Å². The predicted octanol–water partition coefficient (Wildman–Crippen LogP) is 1.74. The second kappa shape index (κ2) is 9.52. The number of rotatable bonds is 7. The van der Waals surface area contributed by atoms with Crippen LogP contribution in [0.15, 0.2) is 30.3 Å². The Kier molecular flexibility index (Phi) is 7.09. The van der Waals surface area contributed by atoms with Gasteiger partial charge < -0.3 is 10.2 Å². The molecule has 1 aromatic carbocycles. The van der Waals surface area contributed by atoms with Crippen LogP contribution in [0.5, 0.6) is 0 Å². The fourth-order valence-electron chi connectivity index (χ4n) is 3.85. The Hall–Kier alpha value is -0.940. The first-order valence-corrected chi connectivity index (χ1v) is 9.67. The molecule has 0 unspecified atom stereocenters. The van der Waals surface area contributed by atoms with Crippen molar-refractivity contribution in [2.24, 2.45) is 5.92 Å². The summed E-state index contributed by atoms with van der Waals surface area (Å²) in [5.41, 5.74) is 1.46. The molecule has 0 aliphatic carbocycles. The van der Waals surface area contributed by atoms with E-state index in [-0.39, 0.29) is 0 Å². The van der Waals surface area contributed by atoms with E-state index in [0.717, 1.165) is 12.6 Å². The fraction of sp³-hybridized carbons (Fsp3) is 0.700. The van der Waals surface area contributed by atoms with E-state index in [0.29, 0.717) is 0 Å². The van der Waals surface area contributed by atoms with Crippen molar-refractivity contribution in [1.82, 2.24) is 20.0 Å². The maximum atomic E-state index is 3.50. The first kappa shape index (κ1) is 17.9. The van der Waals surface area contributed by atoms with Gasteiger partial charge in [-0.3, -0.25) is 9.80 Å². The summed E-state index contributed by atoms with van der Waals surface area (Å²) < 4.78 is 0. The Balaban J connectivity index is 1.52. The van der Waals surface area contributed by atoms with Crippen molar-refractivity contribution in [3.63, 3.8) is 0 Å². The molecule has 0 aromatic heterocycles. The quantitative estimate of drug-likeness (QED) is 0.822. The molecule has 134 valence electrons. The van der Waals surface area contributed by atoms with Gasteiger partial charge in [0.15, 0.2) is 0 Å². The van der Waals surface area contributed by atoms with Crippen LogP contribution in [0.4, 0.5) is 0 Å². The van der Waals surface area contributed by atoms with Gasteiger partial charge in [0, 0.05) is 39.3 Å². The standard InChI is InChI=1S/C20H34N4/c1-22-13-15-23(16-14-22)18-24(17-20-7-10-21-11-8-20)12-9-19-5-3-2-4-6-19/h2-6,20-21H,7-18H2,1H3. The molecule has 0 atom stereocenters. The second-order valence-corrected chi connectivity index (χ2v) is 7.57. The molecule has 24 heavy (non-hydrogen) atoms. The third-order valence-electron chi connectivity index (χ3n) is 5.53. The summed E-state index contributed by atoms with van der Waals surface area (Å²) in [6.45, 7) is 10.8. The number of nitrogens with one attached hydrogen (secondary N) is 1. The topological polar surface area (TPSA) is 21.8 Å². The van der Waals surface area contributed by atoms with Gasteiger partial charge in [-0.2, -0.15) is 0 Å². The Labute approximate surface area is 147 Å². The molecular formula is C20H34N4. The monoisotopic (exact) mass is 330 g/mol. The van der Waals surface area contributed by atoms with Crippen molar-refractivity contribution in [3.8, 4) is 0 Å². The van der Waals surface area contributed by atoms with Gasteiger partial charge in [0.1, 0.15) is 0 Å². The lowest BCUT2D eigenvalue weighted by atomic mass is 9.97. The van der Waals surface area contributed by atoms with Gasteiger partial charge in [-0.1, -0.05) is 30.3 Å². The second-order valence-electron chi connectivity index (χ2n) is 7.57. The van der Waals surface area contributed by atoms with Crippen LogP contribution < -0.4 is 5.32 Å². The van der Waals surface area contributed by atoms with E-state index in [1.54, 1.807) is 0 Å². The minimum Gasteiger partial charge on any atom is -0.317 e. The molecule has 4 heteroatoms. The third-order valence-corrected chi connectivity index (χ3v) is 5.53. The van der Waals surface area contributed by atoms with Crippen LogP contribution >= 0.6 is 0 Å². The van der Waals surface area contributed by atoms with Gasteiger partial charge in [0.2, 0.25) is 0 Å². The maximum absolute atomic E-state index is 3.50. The van der Waals surface area contributed by atoms with Crippen molar-refractivity contribution in [2.45, 2.75) is 19.3 Å². The van der Waals surface area contributed by atoms with Crippen LogP contribution in [0.25, 0.3) is 0 Å². The molecule has 4 nitrogen and oxygen atoms in total. The number of hydrogen-bond donors (Lipinski definition) is 1. The van der Waals surface area contributed by atoms with E-state index in [2.05, 4.69) is 57.4 Å². The highest BCUT2D eigenvalue weighted by Gasteiger charge is 2.20. The van der Waals surface area contributed by atoms with Gasteiger partial charge in [0.25, 0.3) is 0 Å². The molecular weight excluding hydrogens is 296 g/mol. The maximum Gasteiger partial charge on any atom is 0.0507 e. The van der Waals surface area contributed by atoms with Crippen molar-refractivity contribution >= 4 is 0 Å². The first-order chi connectivity index (χ1) is 11.8. The molecule has 2 heterocycles. The van der Waals surface area contributed by atoms with E-state index >= 15 is 0 Å². The van der Waals surface area contributed by atoms with Gasteiger partial charge in [-0.25, -0.2) is 0 Å². The average Bonchev–Trinajstić information content (AvgIpc) is 2.63. The molecule has 1 N–H and O–H groups in total. The van der Waals surface area contributed by atoms with E-state index in [1.807, 2.05) is 0 Å². The van der Waals surface area contributed by atoms with Crippen molar-refractivity contribution in [1.29, 1.82) is 0 Å². The molecule has 0 bridgehead atoms. The number of likely N-dealkylation sites (N-methyl/N-ethyl adjacent to an activating group) is 1. The summed E-state index contributed by atoms with van der Waals surface area (Å²) in [4.78, 5) is 7.80. The van der Waals surface area contributed by atoms with Gasteiger partial charge in [-0.15, -0.1) is 0 Å². The fourth-order valence-corrected chi connectivity index (χ4v) is 3.85. The molecule has 0 spiro atoms. The summed E-state index contributed by atoms with van der Waals surface area (Å²) >= 11 is 0. The lowest BCUT2D eigenvalue weighted by molar-refractivity contribution is 0.0716. The summed E-state index contributed by atoms with van der Waals surface area (Å²) in [6.07, 6.45) is 3.84. The first-order valence-electron chi connectivity index (χ1n) is 9.67. The molecule has 2 fully saturated rings. The Bertz CT molecular complexity index is 450. The zero-order chi connectivity index (χ0) is 16.6. The third kappa shape index (κ3) is 5.85. The molecule has 0 amide bonds. The number of benzene rings is 1. The normalized spacial score (nSPS) is 21.4. The van der Waals surface area contributed by atoms with E-state index in [4.69, 9.17) is 0 Å². The minimum absolute atomic E-state index is 0.870. The van der Waals surface area contributed by atoms with E-state index in [9.17, 15) is 0 Å². The van der Waals surface area contributed by atoms with Crippen LogP contribution in [0, 0.1) is 5.92 Å². The van der Waals surface area contributed by atoms with E-state index in [1.165, 1.54) is 77.2 Å². The minimum atomic E-state index is 0.870. The highest BCUT2D eigenvalue weighted by molar-refractivity contribution is 5.14. The van der Waals surface area contributed by atoms with Crippen molar-refractivity contribution < 1.29 is 0 Å². The van der Waals surface area contributed by atoms with Gasteiger partial charge >= 0.3 is 0 Å². The van der Waals surface area contributed by atoms with Gasteiger partial charge in [0.05, 0.1) is 6.67 Å². The van der Waals surface area contributed by atoms with Crippen molar-refractivity contribution in [3.05, 3.63) is 35.9 Å². The highest BCUT2D eigenvalue weighted by Crippen LogP contribution is 2.15. The van der Waals surface area contributed by atoms with Crippen molar-refractivity contribution in [2.75, 3.05) is 66.1 Å². The number of nitrogens with zero attached hydrogens (tertiary/aromatic N) is 3. The number of piperazine rings is 1. The lowest BCUT2D eigenvalue weighted by Crippen LogP contribution is -2.50. The highest BCUT2D eigenvalue weighted by atomic mass is 15.3. The van der Waals surface area contributed by atoms with Crippen LogP contribution in [0.1, 0.15) is 18.4 Å². The smallest absolute Gasteiger partial charge is 0.0507 e. The average molecular weight is 331 g/mol. The Morgan fingerprint density at radius 3 is 2.46 bits per heavy atom. The van der Waals surface area contributed by atoms with Gasteiger partial charge in [-0.05, 0) is 50.9 Å². The molecule has 2 saturated heterocycles. The van der Waals surface area contributed by atoms with Crippen LogP contribution in [-0.4, -0.2) is 80.8 Å². The molecule has 0 radical (unpaired) electrons. The molecule has 2 aliphatic rings. The zero-order valence-corrected chi connectivity index (χ0v) is 15.3.